The number of H-pyrrole nitrogens is 1. The number of fused-ring (bicyclic) bond motifs is 1. The van der Waals surface area contributed by atoms with E-state index in [1.807, 2.05) is 6.92 Å². The molecule has 3 aromatic rings. The highest BCUT2D eigenvalue weighted by atomic mass is 32.1. The Kier molecular flexibility index (Phi) is 3.07. The van der Waals surface area contributed by atoms with Gasteiger partial charge in [0.25, 0.3) is 11.5 Å². The van der Waals surface area contributed by atoms with Crippen molar-refractivity contribution in [2.24, 2.45) is 0 Å². The molecule has 0 fully saturated rings. The number of nitrogens with zero attached hydrogens (tertiary/aromatic N) is 3. The van der Waals surface area contributed by atoms with Gasteiger partial charge in [-0.25, -0.2) is 4.98 Å². The van der Waals surface area contributed by atoms with Gasteiger partial charge in [0.1, 0.15) is 5.56 Å². The van der Waals surface area contributed by atoms with Crippen molar-refractivity contribution in [3.8, 4) is 0 Å². The number of carbonyl (C=O) groups is 1. The number of anilines is 1. The van der Waals surface area contributed by atoms with E-state index in [0.29, 0.717) is 10.8 Å². The molecule has 0 bridgehead atoms. The molecule has 1 amide bonds. The van der Waals surface area contributed by atoms with E-state index < -0.39 is 5.91 Å². The number of nitrogens with one attached hydrogen (secondary N) is 2. The first kappa shape index (κ1) is 12.5. The van der Waals surface area contributed by atoms with Gasteiger partial charge >= 0.3 is 0 Å². The highest BCUT2D eigenvalue weighted by molar-refractivity contribution is 7.15. The third-order valence-electron chi connectivity index (χ3n) is 2.84. The van der Waals surface area contributed by atoms with Crippen molar-refractivity contribution < 1.29 is 4.79 Å². The first-order valence-corrected chi connectivity index (χ1v) is 6.87. The summed E-state index contributed by atoms with van der Waals surface area (Å²) in [4.78, 5) is 28.8. The maximum Gasteiger partial charge on any atom is 0.271 e. The molecule has 0 unspecified atom stereocenters. The summed E-state index contributed by atoms with van der Waals surface area (Å²) in [7, 11) is 0. The van der Waals surface area contributed by atoms with Gasteiger partial charge in [-0.1, -0.05) is 6.92 Å². The van der Waals surface area contributed by atoms with Crippen LogP contribution in [0.2, 0.25) is 0 Å². The number of aromatic nitrogens is 4. The fourth-order valence-corrected chi connectivity index (χ4v) is 2.45. The van der Waals surface area contributed by atoms with Crippen LogP contribution >= 0.6 is 11.3 Å². The van der Waals surface area contributed by atoms with Gasteiger partial charge in [0, 0.05) is 29.5 Å². The van der Waals surface area contributed by atoms with E-state index in [2.05, 4.69) is 20.5 Å². The van der Waals surface area contributed by atoms with Crippen LogP contribution in [0.15, 0.2) is 28.6 Å². The van der Waals surface area contributed by atoms with Gasteiger partial charge in [0.2, 0.25) is 0 Å². The van der Waals surface area contributed by atoms with Gasteiger partial charge in [-0.2, -0.15) is 5.10 Å². The summed E-state index contributed by atoms with van der Waals surface area (Å²) < 4.78 is 1.35. The molecule has 0 saturated heterocycles. The van der Waals surface area contributed by atoms with E-state index in [-0.39, 0.29) is 11.1 Å². The molecule has 3 heterocycles. The topological polar surface area (TPSA) is 92.2 Å². The Morgan fingerprint density at radius 3 is 3.15 bits per heavy atom. The van der Waals surface area contributed by atoms with E-state index >= 15 is 0 Å². The molecule has 0 spiro atoms. The Bertz CT molecular complexity index is 832. The number of hydrogen-bond donors (Lipinski definition) is 2. The molecule has 0 saturated carbocycles. The standard InChI is InChI=1S/C12H11N5O2S/c1-2-7-5-9(16-15-7)14-10(18)8-6-13-12-17(11(8)19)3-4-20-12/h3-6H,2H2,1H3,(H2,14,15,16,18). The zero-order valence-electron chi connectivity index (χ0n) is 10.6. The van der Waals surface area contributed by atoms with E-state index in [1.165, 1.54) is 21.9 Å². The molecule has 0 aliphatic rings. The van der Waals surface area contributed by atoms with Gasteiger partial charge in [-0.05, 0) is 6.42 Å². The van der Waals surface area contributed by atoms with E-state index in [9.17, 15) is 9.59 Å². The number of amides is 1. The predicted octanol–water partition coefficient (Wildman–Crippen LogP) is 1.29. The number of aryl methyl sites for hydroxylation is 1. The summed E-state index contributed by atoms with van der Waals surface area (Å²) in [5.41, 5.74) is 0.505. The fourth-order valence-electron chi connectivity index (χ4n) is 1.77. The van der Waals surface area contributed by atoms with Gasteiger partial charge in [-0.3, -0.25) is 19.1 Å². The maximum atomic E-state index is 12.1. The molecule has 0 aromatic carbocycles. The van der Waals surface area contributed by atoms with Crippen LogP contribution in [0.25, 0.3) is 4.96 Å². The Morgan fingerprint density at radius 2 is 2.40 bits per heavy atom. The van der Waals surface area contributed by atoms with Crippen LogP contribution in [0.5, 0.6) is 0 Å². The average Bonchev–Trinajstić information content (AvgIpc) is 3.07. The largest absolute Gasteiger partial charge is 0.305 e. The lowest BCUT2D eigenvalue weighted by Gasteiger charge is -2.01. The molecule has 7 nitrogen and oxygen atoms in total. The highest BCUT2D eigenvalue weighted by Crippen LogP contribution is 2.09. The fraction of sp³-hybridized carbons (Fsp3) is 0.167. The van der Waals surface area contributed by atoms with Crippen molar-refractivity contribution in [1.82, 2.24) is 19.6 Å². The summed E-state index contributed by atoms with van der Waals surface area (Å²) in [6.45, 7) is 1.97. The molecule has 3 rings (SSSR count). The normalized spacial score (nSPS) is 10.8. The Labute approximate surface area is 117 Å². The minimum atomic E-state index is -0.516. The number of thiazole rings is 1. The highest BCUT2D eigenvalue weighted by Gasteiger charge is 2.15. The second-order valence-electron chi connectivity index (χ2n) is 4.12. The monoisotopic (exact) mass is 289 g/mol. The summed E-state index contributed by atoms with van der Waals surface area (Å²) in [6.07, 6.45) is 3.67. The van der Waals surface area contributed by atoms with Crippen LogP contribution in [0.4, 0.5) is 5.82 Å². The van der Waals surface area contributed by atoms with Crippen LogP contribution in [0.3, 0.4) is 0 Å². The maximum absolute atomic E-state index is 12.1. The smallest absolute Gasteiger partial charge is 0.271 e. The first-order chi connectivity index (χ1) is 9.69. The third-order valence-corrected chi connectivity index (χ3v) is 3.61. The van der Waals surface area contributed by atoms with Crippen molar-refractivity contribution >= 4 is 28.0 Å². The minimum Gasteiger partial charge on any atom is -0.305 e. The molecular formula is C12H11N5O2S. The molecule has 3 aromatic heterocycles. The van der Waals surface area contributed by atoms with Crippen molar-refractivity contribution in [3.05, 3.63) is 45.5 Å². The molecule has 8 heteroatoms. The van der Waals surface area contributed by atoms with Gasteiger partial charge in [0.05, 0.1) is 0 Å². The first-order valence-electron chi connectivity index (χ1n) is 5.99. The van der Waals surface area contributed by atoms with Crippen molar-refractivity contribution in [3.63, 3.8) is 0 Å². The van der Waals surface area contributed by atoms with E-state index in [1.54, 1.807) is 17.6 Å². The minimum absolute atomic E-state index is 0.0121. The summed E-state index contributed by atoms with van der Waals surface area (Å²) >= 11 is 1.33. The van der Waals surface area contributed by atoms with Gasteiger partial charge < -0.3 is 5.32 Å². The molecule has 102 valence electrons. The third kappa shape index (κ3) is 2.10. The van der Waals surface area contributed by atoms with Gasteiger partial charge in [-0.15, -0.1) is 11.3 Å². The van der Waals surface area contributed by atoms with E-state index in [0.717, 1.165) is 12.1 Å². The van der Waals surface area contributed by atoms with Crippen LogP contribution < -0.4 is 10.9 Å². The molecule has 0 aliphatic heterocycles. The Hall–Kier alpha value is -2.48. The summed E-state index contributed by atoms with van der Waals surface area (Å²) in [5, 5.41) is 11.1. The second kappa shape index (κ2) is 4.89. The van der Waals surface area contributed by atoms with Crippen LogP contribution in [0, 0.1) is 0 Å². The number of hydrogen-bond acceptors (Lipinski definition) is 5. The van der Waals surface area contributed by atoms with Crippen molar-refractivity contribution in [1.29, 1.82) is 0 Å². The molecular weight excluding hydrogens is 278 g/mol. The van der Waals surface area contributed by atoms with Gasteiger partial charge in [0.15, 0.2) is 10.8 Å². The Morgan fingerprint density at radius 1 is 1.55 bits per heavy atom. The SMILES string of the molecule is CCc1cc(NC(=O)c2cnc3sccn3c2=O)n[nH]1. The molecule has 2 N–H and O–H groups in total. The number of rotatable bonds is 3. The van der Waals surface area contributed by atoms with E-state index in [4.69, 9.17) is 0 Å². The van der Waals surface area contributed by atoms with Crippen molar-refractivity contribution in [2.75, 3.05) is 5.32 Å². The number of carbonyl (C=O) groups excluding carboxylic acids is 1. The van der Waals surface area contributed by atoms with Crippen LogP contribution in [-0.4, -0.2) is 25.5 Å². The zero-order valence-corrected chi connectivity index (χ0v) is 11.4. The zero-order chi connectivity index (χ0) is 14.1. The van der Waals surface area contributed by atoms with Crippen molar-refractivity contribution in [2.45, 2.75) is 13.3 Å². The molecule has 0 aliphatic carbocycles. The molecule has 0 atom stereocenters. The predicted molar refractivity (Wildman–Crippen MR) is 75.3 cm³/mol. The summed E-state index contributed by atoms with van der Waals surface area (Å²) in [5.74, 6) is -0.126. The average molecular weight is 289 g/mol. The Balaban J connectivity index is 1.92. The van der Waals surface area contributed by atoms with Crippen LogP contribution in [-0.2, 0) is 6.42 Å². The quantitative estimate of drug-likeness (QED) is 0.760. The second-order valence-corrected chi connectivity index (χ2v) is 4.99. The lowest BCUT2D eigenvalue weighted by molar-refractivity contribution is 0.102. The lowest BCUT2D eigenvalue weighted by Crippen LogP contribution is -2.25. The summed E-state index contributed by atoms with van der Waals surface area (Å²) in [6, 6.07) is 1.73. The number of aromatic amines is 1. The lowest BCUT2D eigenvalue weighted by atomic mass is 10.3. The van der Waals surface area contributed by atoms with Crippen LogP contribution in [0.1, 0.15) is 23.0 Å². The molecule has 0 radical (unpaired) electrons. The molecule has 20 heavy (non-hydrogen) atoms.